The molecule has 0 saturated heterocycles. The lowest BCUT2D eigenvalue weighted by Gasteiger charge is -2.06. The van der Waals surface area contributed by atoms with Crippen LogP contribution in [0.3, 0.4) is 0 Å². The summed E-state index contributed by atoms with van der Waals surface area (Å²) >= 11 is 0. The molecule has 3 rings (SSSR count). The molecule has 26 heavy (non-hydrogen) atoms. The molecule has 3 heterocycles. The number of nitrogens with zero attached hydrogens (tertiary/aromatic N) is 4. The molecule has 0 atom stereocenters. The van der Waals surface area contributed by atoms with E-state index < -0.39 is 5.91 Å². The molecule has 8 heteroatoms. The Labute approximate surface area is 149 Å². The van der Waals surface area contributed by atoms with E-state index in [1.807, 2.05) is 20.2 Å². The van der Waals surface area contributed by atoms with Gasteiger partial charge in [-0.3, -0.25) is 14.3 Å². The van der Waals surface area contributed by atoms with Gasteiger partial charge < -0.3 is 11.1 Å². The molecule has 0 aliphatic carbocycles. The van der Waals surface area contributed by atoms with Crippen LogP contribution in [-0.4, -0.2) is 31.2 Å². The number of carbonyl (C=O) groups excluding carboxylic acids is 2. The monoisotopic (exact) mass is 350 g/mol. The Morgan fingerprint density at radius 3 is 2.73 bits per heavy atom. The quantitative estimate of drug-likeness (QED) is 0.679. The zero-order valence-electron chi connectivity index (χ0n) is 14.4. The number of amides is 2. The lowest BCUT2D eigenvalue weighted by atomic mass is 10.2. The van der Waals surface area contributed by atoms with E-state index in [9.17, 15) is 9.59 Å². The van der Waals surface area contributed by atoms with Crippen molar-refractivity contribution in [2.75, 3.05) is 0 Å². The van der Waals surface area contributed by atoms with Crippen molar-refractivity contribution in [2.24, 2.45) is 12.8 Å². The first-order valence-corrected chi connectivity index (χ1v) is 7.82. The maximum atomic E-state index is 12.6. The normalized spacial score (nSPS) is 11.5. The fourth-order valence-corrected chi connectivity index (χ4v) is 2.57. The van der Waals surface area contributed by atoms with Gasteiger partial charge in [0.05, 0.1) is 23.0 Å². The number of aryl methyl sites for hydroxylation is 2. The van der Waals surface area contributed by atoms with Crippen LogP contribution in [0.5, 0.6) is 0 Å². The van der Waals surface area contributed by atoms with Crippen LogP contribution in [0.2, 0.25) is 0 Å². The predicted molar refractivity (Wildman–Crippen MR) is 97.3 cm³/mol. The van der Waals surface area contributed by atoms with Gasteiger partial charge in [-0.2, -0.15) is 10.2 Å². The van der Waals surface area contributed by atoms with Crippen molar-refractivity contribution < 1.29 is 9.59 Å². The fraction of sp³-hybridized carbons (Fsp3) is 0.111. The highest BCUT2D eigenvalue weighted by Gasteiger charge is 2.14. The van der Waals surface area contributed by atoms with Gasteiger partial charge in [-0.05, 0) is 37.3 Å². The van der Waals surface area contributed by atoms with E-state index in [2.05, 4.69) is 22.1 Å². The van der Waals surface area contributed by atoms with Gasteiger partial charge in [-0.15, -0.1) is 0 Å². The van der Waals surface area contributed by atoms with E-state index in [0.717, 1.165) is 11.3 Å². The average Bonchev–Trinajstić information content (AvgIpc) is 3.16. The Morgan fingerprint density at radius 2 is 2.12 bits per heavy atom. The molecule has 0 fully saturated rings. The topological polar surface area (TPSA) is 107 Å². The lowest BCUT2D eigenvalue weighted by Crippen LogP contribution is -2.24. The first kappa shape index (κ1) is 17.2. The van der Waals surface area contributed by atoms with Gasteiger partial charge >= 0.3 is 0 Å². The number of hydrogen-bond acceptors (Lipinski definition) is 4. The summed E-state index contributed by atoms with van der Waals surface area (Å²) in [6.07, 6.45) is 6.53. The molecule has 2 amide bonds. The Hall–Kier alpha value is -3.68. The number of fused-ring (bicyclic) bond motifs is 1. The third-order valence-electron chi connectivity index (χ3n) is 3.86. The molecule has 0 unspecified atom stereocenters. The SMILES string of the molecule is C=C/C(=C\c1cn(C)nc1C)NC(=O)c1ccc2cc(C(N)=O)cnn12. The van der Waals surface area contributed by atoms with Gasteiger partial charge in [0.1, 0.15) is 5.69 Å². The summed E-state index contributed by atoms with van der Waals surface area (Å²) in [7, 11) is 1.83. The Bertz CT molecular complexity index is 1060. The van der Waals surface area contributed by atoms with Crippen LogP contribution in [0.4, 0.5) is 0 Å². The molecule has 0 spiro atoms. The highest BCUT2D eigenvalue weighted by atomic mass is 16.2. The van der Waals surface area contributed by atoms with Crippen LogP contribution < -0.4 is 11.1 Å². The number of allylic oxidation sites excluding steroid dienone is 1. The molecule has 3 aromatic rings. The number of nitrogens with two attached hydrogens (primary N) is 1. The molecule has 0 radical (unpaired) electrons. The minimum atomic E-state index is -0.573. The molecule has 0 saturated carbocycles. The number of rotatable bonds is 5. The molecule has 0 bridgehead atoms. The zero-order valence-corrected chi connectivity index (χ0v) is 14.4. The van der Waals surface area contributed by atoms with E-state index in [4.69, 9.17) is 5.73 Å². The van der Waals surface area contributed by atoms with E-state index in [1.54, 1.807) is 35.0 Å². The van der Waals surface area contributed by atoms with Crippen LogP contribution in [-0.2, 0) is 7.05 Å². The number of primary amides is 1. The minimum absolute atomic E-state index is 0.279. The molecule has 0 aliphatic heterocycles. The summed E-state index contributed by atoms with van der Waals surface area (Å²) < 4.78 is 3.14. The van der Waals surface area contributed by atoms with Crippen LogP contribution in [0.1, 0.15) is 32.1 Å². The second-order valence-electron chi connectivity index (χ2n) is 5.77. The molecule has 8 nitrogen and oxygen atoms in total. The summed E-state index contributed by atoms with van der Waals surface area (Å²) in [6, 6.07) is 4.89. The third kappa shape index (κ3) is 3.25. The molecule has 0 aliphatic rings. The van der Waals surface area contributed by atoms with E-state index >= 15 is 0 Å². The Balaban J connectivity index is 1.89. The van der Waals surface area contributed by atoms with Crippen molar-refractivity contribution >= 4 is 23.4 Å². The Kier molecular flexibility index (Phi) is 4.40. The second kappa shape index (κ2) is 6.67. The fourth-order valence-electron chi connectivity index (χ4n) is 2.57. The number of carbonyl (C=O) groups is 2. The van der Waals surface area contributed by atoms with Gasteiger partial charge in [-0.1, -0.05) is 6.58 Å². The van der Waals surface area contributed by atoms with Crippen molar-refractivity contribution in [3.63, 3.8) is 0 Å². The predicted octanol–water partition coefficient (Wildman–Crippen LogP) is 1.43. The average molecular weight is 350 g/mol. The zero-order chi connectivity index (χ0) is 18.8. The van der Waals surface area contributed by atoms with Crippen LogP contribution in [0.25, 0.3) is 11.6 Å². The summed E-state index contributed by atoms with van der Waals surface area (Å²) in [5.74, 6) is -0.923. The molecule has 132 valence electrons. The standard InChI is InChI=1S/C18H18N6O2/c1-4-14(7-13-10-23(3)22-11(13)2)21-18(26)16-6-5-15-8-12(17(19)25)9-20-24(15)16/h4-10H,1H2,2-3H3,(H2,19,25)(H,21,26)/b14-7+. The third-order valence-corrected chi connectivity index (χ3v) is 3.86. The van der Waals surface area contributed by atoms with Crippen molar-refractivity contribution in [1.82, 2.24) is 24.7 Å². The largest absolute Gasteiger partial charge is 0.366 e. The first-order valence-electron chi connectivity index (χ1n) is 7.82. The molecular weight excluding hydrogens is 332 g/mol. The van der Waals surface area contributed by atoms with E-state index in [1.165, 1.54) is 10.7 Å². The van der Waals surface area contributed by atoms with Crippen molar-refractivity contribution in [3.05, 3.63) is 71.5 Å². The van der Waals surface area contributed by atoms with Crippen molar-refractivity contribution in [3.8, 4) is 0 Å². The summed E-state index contributed by atoms with van der Waals surface area (Å²) in [5.41, 5.74) is 8.71. The van der Waals surface area contributed by atoms with E-state index in [-0.39, 0.29) is 11.5 Å². The number of hydrogen-bond donors (Lipinski definition) is 2. The highest BCUT2D eigenvalue weighted by molar-refractivity contribution is 5.97. The van der Waals surface area contributed by atoms with Crippen molar-refractivity contribution in [1.29, 1.82) is 0 Å². The van der Waals surface area contributed by atoms with Crippen LogP contribution in [0, 0.1) is 6.92 Å². The highest BCUT2D eigenvalue weighted by Crippen LogP contribution is 2.13. The van der Waals surface area contributed by atoms with Gasteiger partial charge in [-0.25, -0.2) is 4.52 Å². The summed E-state index contributed by atoms with van der Waals surface area (Å²) in [6.45, 7) is 5.62. The number of aromatic nitrogens is 4. The van der Waals surface area contributed by atoms with Gasteiger partial charge in [0.25, 0.3) is 5.91 Å². The van der Waals surface area contributed by atoms with Gasteiger partial charge in [0, 0.05) is 24.5 Å². The second-order valence-corrected chi connectivity index (χ2v) is 5.77. The first-order chi connectivity index (χ1) is 12.4. The number of nitrogens with one attached hydrogen (secondary N) is 1. The summed E-state index contributed by atoms with van der Waals surface area (Å²) in [5, 5.41) is 11.2. The lowest BCUT2D eigenvalue weighted by molar-refractivity contribution is 0.0959. The molecule has 3 N–H and O–H groups in total. The van der Waals surface area contributed by atoms with E-state index in [0.29, 0.717) is 16.9 Å². The van der Waals surface area contributed by atoms with Crippen LogP contribution in [0.15, 0.2) is 48.9 Å². The van der Waals surface area contributed by atoms with Crippen molar-refractivity contribution in [2.45, 2.75) is 6.92 Å². The van der Waals surface area contributed by atoms with Crippen LogP contribution >= 0.6 is 0 Å². The maximum absolute atomic E-state index is 12.6. The molecule has 0 aromatic carbocycles. The molecule has 3 aromatic heterocycles. The van der Waals surface area contributed by atoms with Gasteiger partial charge in [0.15, 0.2) is 0 Å². The maximum Gasteiger partial charge on any atom is 0.274 e. The minimum Gasteiger partial charge on any atom is -0.366 e. The summed E-state index contributed by atoms with van der Waals surface area (Å²) in [4.78, 5) is 23.9. The van der Waals surface area contributed by atoms with Gasteiger partial charge in [0.2, 0.25) is 5.91 Å². The smallest absolute Gasteiger partial charge is 0.274 e. The molecular formula is C18H18N6O2. The Morgan fingerprint density at radius 1 is 1.35 bits per heavy atom.